The number of aromatic nitrogens is 2. The number of nitrogens with zero attached hydrogens (tertiary/aromatic N) is 2. The third kappa shape index (κ3) is 2.32. The van der Waals surface area contributed by atoms with Gasteiger partial charge in [-0.15, -0.1) is 0 Å². The zero-order valence-electron chi connectivity index (χ0n) is 12.5. The number of phenols is 1. The van der Waals surface area contributed by atoms with Gasteiger partial charge in [0.2, 0.25) is 0 Å². The van der Waals surface area contributed by atoms with Crippen LogP contribution in [-0.2, 0) is 0 Å². The van der Waals surface area contributed by atoms with Gasteiger partial charge < -0.3 is 10.1 Å². The number of rotatable bonds is 2. The molecule has 3 rings (SSSR count). The van der Waals surface area contributed by atoms with Gasteiger partial charge in [-0.05, 0) is 31.5 Å². The molecule has 0 amide bonds. The number of aryl methyl sites for hydroxylation is 1. The maximum atomic E-state index is 12.2. The number of nitro benzene ring substituents is 1. The molecule has 7 nitrogen and oxygen atoms in total. The van der Waals surface area contributed by atoms with Crippen molar-refractivity contribution in [3.05, 3.63) is 61.9 Å². The number of nitro groups is 1. The minimum absolute atomic E-state index is 0.107. The highest BCUT2D eigenvalue weighted by Crippen LogP contribution is 2.38. The van der Waals surface area contributed by atoms with E-state index in [4.69, 9.17) is 0 Å². The van der Waals surface area contributed by atoms with Gasteiger partial charge in [0.1, 0.15) is 11.6 Å². The second kappa shape index (κ2) is 5.20. The van der Waals surface area contributed by atoms with Crippen LogP contribution in [0.3, 0.4) is 0 Å². The van der Waals surface area contributed by atoms with Crippen LogP contribution in [0.2, 0.25) is 0 Å². The molecule has 1 heterocycles. The summed E-state index contributed by atoms with van der Waals surface area (Å²) in [4.78, 5) is 29.8. The number of fused-ring (bicyclic) bond motifs is 1. The summed E-state index contributed by atoms with van der Waals surface area (Å²) in [6.45, 7) is 3.08. The average molecular weight is 311 g/mol. The summed E-state index contributed by atoms with van der Waals surface area (Å²) in [7, 11) is 0. The number of phenolic OH excluding ortho intramolecular Hbond substituents is 1. The van der Waals surface area contributed by atoms with E-state index in [0.29, 0.717) is 16.5 Å². The van der Waals surface area contributed by atoms with E-state index < -0.39 is 4.92 Å². The van der Waals surface area contributed by atoms with E-state index in [1.807, 2.05) is 0 Å². The Morgan fingerprint density at radius 1 is 1.26 bits per heavy atom. The van der Waals surface area contributed by atoms with Gasteiger partial charge in [-0.25, -0.2) is 4.98 Å². The lowest BCUT2D eigenvalue weighted by molar-refractivity contribution is -0.385. The number of hydrogen-bond acceptors (Lipinski definition) is 5. The number of aromatic amines is 1. The maximum Gasteiger partial charge on any atom is 0.273 e. The Labute approximate surface area is 130 Å². The van der Waals surface area contributed by atoms with Crippen molar-refractivity contribution in [3.8, 4) is 17.1 Å². The number of H-pyrrole nitrogens is 1. The summed E-state index contributed by atoms with van der Waals surface area (Å²) in [5.41, 5.74) is 0.707. The van der Waals surface area contributed by atoms with Gasteiger partial charge in [-0.3, -0.25) is 14.9 Å². The van der Waals surface area contributed by atoms with E-state index in [0.717, 1.165) is 0 Å². The number of benzene rings is 2. The Hall–Kier alpha value is -3.22. The molecule has 1 aromatic heterocycles. The predicted molar refractivity (Wildman–Crippen MR) is 85.6 cm³/mol. The lowest BCUT2D eigenvalue weighted by atomic mass is 10.0. The van der Waals surface area contributed by atoms with E-state index in [2.05, 4.69) is 9.97 Å². The highest BCUT2D eigenvalue weighted by Gasteiger charge is 2.22. The van der Waals surface area contributed by atoms with Gasteiger partial charge in [0.15, 0.2) is 0 Å². The number of hydrogen-bond donors (Lipinski definition) is 2. The summed E-state index contributed by atoms with van der Waals surface area (Å²) in [6, 6.07) is 8.07. The maximum absolute atomic E-state index is 12.2. The Balaban J connectivity index is 2.39. The van der Waals surface area contributed by atoms with Crippen molar-refractivity contribution in [2.75, 3.05) is 0 Å². The summed E-state index contributed by atoms with van der Waals surface area (Å²) < 4.78 is 0. The van der Waals surface area contributed by atoms with Crippen LogP contribution >= 0.6 is 0 Å². The summed E-state index contributed by atoms with van der Waals surface area (Å²) in [5, 5.41) is 21.9. The van der Waals surface area contributed by atoms with Crippen molar-refractivity contribution in [1.29, 1.82) is 0 Å². The molecule has 0 aliphatic carbocycles. The minimum atomic E-state index is -0.523. The van der Waals surface area contributed by atoms with E-state index in [1.54, 1.807) is 31.2 Å². The van der Waals surface area contributed by atoms with Crippen molar-refractivity contribution >= 4 is 16.6 Å². The molecule has 0 bridgehead atoms. The number of aromatic hydroxyl groups is 1. The summed E-state index contributed by atoms with van der Waals surface area (Å²) in [6.07, 6.45) is 0. The van der Waals surface area contributed by atoms with Crippen molar-refractivity contribution in [2.24, 2.45) is 0 Å². The Morgan fingerprint density at radius 3 is 2.65 bits per heavy atom. The van der Waals surface area contributed by atoms with Crippen LogP contribution in [0.15, 0.2) is 35.1 Å². The molecule has 2 N–H and O–H groups in total. The molecule has 0 saturated heterocycles. The lowest BCUT2D eigenvalue weighted by Crippen LogP contribution is -2.10. The largest absolute Gasteiger partial charge is 0.507 e. The molecule has 116 valence electrons. The van der Waals surface area contributed by atoms with Gasteiger partial charge in [0.05, 0.1) is 21.4 Å². The Kier molecular flexibility index (Phi) is 3.33. The number of para-hydroxylation sites is 1. The second-order valence-corrected chi connectivity index (χ2v) is 5.25. The highest BCUT2D eigenvalue weighted by atomic mass is 16.6. The molecule has 0 unspecified atom stereocenters. The first-order valence-electron chi connectivity index (χ1n) is 6.87. The van der Waals surface area contributed by atoms with Gasteiger partial charge in [-0.2, -0.15) is 0 Å². The van der Waals surface area contributed by atoms with Gasteiger partial charge in [0, 0.05) is 11.6 Å². The highest BCUT2D eigenvalue weighted by molar-refractivity contribution is 5.82. The smallest absolute Gasteiger partial charge is 0.273 e. The fourth-order valence-corrected chi connectivity index (χ4v) is 2.57. The minimum Gasteiger partial charge on any atom is -0.507 e. The third-order valence-electron chi connectivity index (χ3n) is 3.77. The third-order valence-corrected chi connectivity index (χ3v) is 3.77. The fraction of sp³-hybridized carbons (Fsp3) is 0.125. The summed E-state index contributed by atoms with van der Waals surface area (Å²) in [5.74, 6) is -0.0259. The quantitative estimate of drug-likeness (QED) is 0.558. The standard InChI is InChI=1S/C16H13N3O4/c1-8-7-12(19(22)23)9(2)13(14(8)20)15-17-11-6-4-3-5-10(11)16(21)18-15/h3-7,20H,1-2H3,(H,17,18,21). The van der Waals surface area contributed by atoms with Crippen LogP contribution in [0, 0.1) is 24.0 Å². The van der Waals surface area contributed by atoms with E-state index in [1.165, 1.54) is 13.0 Å². The average Bonchev–Trinajstić information content (AvgIpc) is 2.51. The van der Waals surface area contributed by atoms with E-state index >= 15 is 0 Å². The van der Waals surface area contributed by atoms with Crippen LogP contribution in [0.4, 0.5) is 5.69 Å². The van der Waals surface area contributed by atoms with Gasteiger partial charge in [-0.1, -0.05) is 12.1 Å². The molecular weight excluding hydrogens is 298 g/mol. The zero-order valence-corrected chi connectivity index (χ0v) is 12.5. The molecule has 23 heavy (non-hydrogen) atoms. The van der Waals surface area contributed by atoms with Gasteiger partial charge in [0.25, 0.3) is 11.2 Å². The first kappa shape index (κ1) is 14.7. The van der Waals surface area contributed by atoms with Crippen molar-refractivity contribution in [2.45, 2.75) is 13.8 Å². The molecule has 0 radical (unpaired) electrons. The molecule has 2 aromatic carbocycles. The van der Waals surface area contributed by atoms with Crippen LogP contribution in [0.5, 0.6) is 5.75 Å². The monoisotopic (exact) mass is 311 g/mol. The fourth-order valence-electron chi connectivity index (χ4n) is 2.57. The molecule has 0 atom stereocenters. The van der Waals surface area contributed by atoms with Crippen LogP contribution in [0.25, 0.3) is 22.3 Å². The summed E-state index contributed by atoms with van der Waals surface area (Å²) >= 11 is 0. The Morgan fingerprint density at radius 2 is 1.96 bits per heavy atom. The van der Waals surface area contributed by atoms with E-state index in [9.17, 15) is 20.0 Å². The predicted octanol–water partition coefficient (Wildman–Crippen LogP) is 2.82. The molecule has 0 fully saturated rings. The SMILES string of the molecule is Cc1cc([N+](=O)[O-])c(C)c(-c2nc3ccccc3c(=O)[nH]2)c1O. The van der Waals surface area contributed by atoms with Crippen LogP contribution in [0.1, 0.15) is 11.1 Å². The molecule has 0 saturated carbocycles. The van der Waals surface area contributed by atoms with Gasteiger partial charge >= 0.3 is 0 Å². The van der Waals surface area contributed by atoms with Crippen molar-refractivity contribution in [1.82, 2.24) is 9.97 Å². The second-order valence-electron chi connectivity index (χ2n) is 5.25. The normalized spacial score (nSPS) is 10.9. The van der Waals surface area contributed by atoms with Crippen molar-refractivity contribution < 1.29 is 10.0 Å². The van der Waals surface area contributed by atoms with Crippen LogP contribution < -0.4 is 5.56 Å². The number of nitrogens with one attached hydrogen (secondary N) is 1. The van der Waals surface area contributed by atoms with E-state index in [-0.39, 0.29) is 33.9 Å². The molecule has 7 heteroatoms. The first-order chi connectivity index (χ1) is 10.9. The molecular formula is C16H13N3O4. The topological polar surface area (TPSA) is 109 Å². The lowest BCUT2D eigenvalue weighted by Gasteiger charge is -2.11. The molecule has 3 aromatic rings. The zero-order chi connectivity index (χ0) is 16.7. The van der Waals surface area contributed by atoms with Crippen LogP contribution in [-0.4, -0.2) is 20.0 Å². The van der Waals surface area contributed by atoms with Crippen molar-refractivity contribution in [3.63, 3.8) is 0 Å². The Bertz CT molecular complexity index is 1010. The molecule has 0 spiro atoms. The molecule has 0 aliphatic heterocycles. The molecule has 0 aliphatic rings. The first-order valence-corrected chi connectivity index (χ1v) is 6.87.